The van der Waals surface area contributed by atoms with Crippen molar-refractivity contribution in [1.82, 2.24) is 4.57 Å². The molecule has 0 aliphatic heterocycles. The van der Waals surface area contributed by atoms with Crippen LogP contribution >= 0.6 is 11.8 Å². The van der Waals surface area contributed by atoms with Crippen LogP contribution in [0.4, 0.5) is 0 Å². The van der Waals surface area contributed by atoms with Gasteiger partial charge in [0, 0.05) is 38.5 Å². The number of Topliss-reactive ketones (excluding diaryl/α,β-unsaturated/α-hetero) is 1. The molecule has 4 aromatic rings. The van der Waals surface area contributed by atoms with Gasteiger partial charge in [0.1, 0.15) is 5.75 Å². The van der Waals surface area contributed by atoms with Crippen LogP contribution in [-0.4, -0.2) is 15.5 Å². The summed E-state index contributed by atoms with van der Waals surface area (Å²) < 4.78 is 2.11. The molecule has 0 amide bonds. The van der Waals surface area contributed by atoms with E-state index in [2.05, 4.69) is 47.9 Å². The Hall–Kier alpha value is -2.98. The highest BCUT2D eigenvalue weighted by atomic mass is 32.2. The van der Waals surface area contributed by atoms with Crippen molar-refractivity contribution in [3.8, 4) is 11.4 Å². The van der Waals surface area contributed by atoms with Gasteiger partial charge in [-0.25, -0.2) is 0 Å². The van der Waals surface area contributed by atoms with Crippen molar-refractivity contribution >= 4 is 28.4 Å². The van der Waals surface area contributed by atoms with Crippen LogP contribution in [0.3, 0.4) is 0 Å². The van der Waals surface area contributed by atoms with Crippen molar-refractivity contribution in [1.29, 1.82) is 0 Å². The zero-order chi connectivity index (χ0) is 20.5. The van der Waals surface area contributed by atoms with E-state index in [0.29, 0.717) is 11.3 Å². The average Bonchev–Trinajstić information content (AvgIpc) is 3.01. The van der Waals surface area contributed by atoms with Crippen LogP contribution in [0.1, 0.15) is 34.1 Å². The maximum absolute atomic E-state index is 12.6. The fraction of sp³-hybridized carbons (Fsp3) is 0.160. The molecule has 0 spiro atoms. The molecule has 0 fully saturated rings. The minimum absolute atomic E-state index is 0.00919. The highest BCUT2D eigenvalue weighted by Gasteiger charge is 2.22. The fourth-order valence-electron chi connectivity index (χ4n) is 3.84. The normalized spacial score (nSPS) is 11.1. The minimum atomic E-state index is 0.00919. The van der Waals surface area contributed by atoms with Crippen LogP contribution < -0.4 is 0 Å². The van der Waals surface area contributed by atoms with Gasteiger partial charge in [0.05, 0.1) is 5.52 Å². The second kappa shape index (κ2) is 7.80. The Morgan fingerprint density at radius 3 is 2.31 bits per heavy atom. The molecule has 0 radical (unpaired) electrons. The molecule has 0 atom stereocenters. The van der Waals surface area contributed by atoms with Gasteiger partial charge in [0.2, 0.25) is 0 Å². The summed E-state index contributed by atoms with van der Waals surface area (Å²) in [4.78, 5) is 13.7. The first kappa shape index (κ1) is 19.3. The summed E-state index contributed by atoms with van der Waals surface area (Å²) in [5.74, 6) is 0.824. The van der Waals surface area contributed by atoms with Crippen LogP contribution in [-0.2, 0) is 5.75 Å². The minimum Gasteiger partial charge on any atom is -0.508 e. The number of phenols is 1. The molecule has 4 rings (SSSR count). The zero-order valence-electron chi connectivity index (χ0n) is 16.8. The van der Waals surface area contributed by atoms with E-state index in [9.17, 15) is 9.90 Å². The number of thioether (sulfide) groups is 1. The molecule has 1 heterocycles. The quantitative estimate of drug-likeness (QED) is 0.309. The van der Waals surface area contributed by atoms with Gasteiger partial charge >= 0.3 is 0 Å². The van der Waals surface area contributed by atoms with Crippen molar-refractivity contribution in [2.75, 3.05) is 0 Å². The largest absolute Gasteiger partial charge is 0.508 e. The number of aromatic hydroxyl groups is 1. The summed E-state index contributed by atoms with van der Waals surface area (Å²) in [6, 6.07) is 22.0. The van der Waals surface area contributed by atoms with Crippen molar-refractivity contribution in [3.05, 3.63) is 89.1 Å². The topological polar surface area (TPSA) is 42.2 Å². The Labute approximate surface area is 175 Å². The molecule has 1 aromatic heterocycles. The number of hydrogen-bond donors (Lipinski definition) is 1. The van der Waals surface area contributed by atoms with Gasteiger partial charge in [0.15, 0.2) is 5.78 Å². The maximum atomic E-state index is 12.6. The highest BCUT2D eigenvalue weighted by molar-refractivity contribution is 7.98. The second-order valence-electron chi connectivity index (χ2n) is 7.25. The third-order valence-electron chi connectivity index (χ3n) is 5.22. The molecular weight excluding hydrogens is 378 g/mol. The standard InChI is InChI=1S/C25H23NO2S/c1-16-9-11-19(12-10-16)26-17(2)24(18(3)27)25-21(23(28)14-13-22(25)26)15-29-20-7-5-4-6-8-20/h4-14,28H,15H2,1-3H3. The van der Waals surface area contributed by atoms with Gasteiger partial charge in [-0.1, -0.05) is 35.9 Å². The Morgan fingerprint density at radius 2 is 1.66 bits per heavy atom. The number of aromatic nitrogens is 1. The Kier molecular flexibility index (Phi) is 5.20. The van der Waals surface area contributed by atoms with Gasteiger partial charge < -0.3 is 9.67 Å². The fourth-order valence-corrected chi connectivity index (χ4v) is 4.79. The molecule has 0 aliphatic rings. The van der Waals surface area contributed by atoms with Crippen LogP contribution in [0, 0.1) is 13.8 Å². The molecule has 0 saturated heterocycles. The molecule has 4 heteroatoms. The second-order valence-corrected chi connectivity index (χ2v) is 8.30. The van der Waals surface area contributed by atoms with Gasteiger partial charge in [-0.3, -0.25) is 4.79 Å². The van der Waals surface area contributed by atoms with E-state index >= 15 is 0 Å². The van der Waals surface area contributed by atoms with Crippen LogP contribution in [0.15, 0.2) is 71.6 Å². The molecule has 0 unspecified atom stereocenters. The molecule has 1 N–H and O–H groups in total. The number of hydrogen-bond acceptors (Lipinski definition) is 3. The number of fused-ring (bicyclic) bond motifs is 1. The Bertz CT molecular complexity index is 1190. The van der Waals surface area contributed by atoms with Crippen molar-refractivity contribution in [2.24, 2.45) is 0 Å². The lowest BCUT2D eigenvalue weighted by atomic mass is 10.0. The first-order valence-electron chi connectivity index (χ1n) is 9.59. The molecule has 3 nitrogen and oxygen atoms in total. The van der Waals surface area contributed by atoms with E-state index in [1.165, 1.54) is 5.56 Å². The van der Waals surface area contributed by atoms with Gasteiger partial charge in [-0.15, -0.1) is 11.8 Å². The van der Waals surface area contributed by atoms with E-state index in [1.807, 2.05) is 31.2 Å². The number of ketones is 1. The van der Waals surface area contributed by atoms with E-state index in [4.69, 9.17) is 0 Å². The van der Waals surface area contributed by atoms with E-state index in [-0.39, 0.29) is 11.5 Å². The summed E-state index contributed by atoms with van der Waals surface area (Å²) in [6.45, 7) is 5.63. The Morgan fingerprint density at radius 1 is 0.966 bits per heavy atom. The molecule has 0 saturated carbocycles. The van der Waals surface area contributed by atoms with Gasteiger partial charge in [-0.2, -0.15) is 0 Å². The lowest BCUT2D eigenvalue weighted by molar-refractivity contribution is 0.101. The molecule has 0 bridgehead atoms. The third-order valence-corrected chi connectivity index (χ3v) is 6.26. The SMILES string of the molecule is CC(=O)c1c(C)n(-c2ccc(C)cc2)c2ccc(O)c(CSc3ccccc3)c12. The van der Waals surface area contributed by atoms with Crippen molar-refractivity contribution in [2.45, 2.75) is 31.4 Å². The summed E-state index contributed by atoms with van der Waals surface area (Å²) in [5, 5.41) is 11.5. The lowest BCUT2D eigenvalue weighted by Crippen LogP contribution is -1.99. The monoisotopic (exact) mass is 401 g/mol. The predicted octanol–water partition coefficient (Wildman–Crippen LogP) is 6.45. The molecule has 0 aliphatic carbocycles. The number of rotatable bonds is 5. The molecule has 29 heavy (non-hydrogen) atoms. The molecular formula is C25H23NO2S. The lowest BCUT2D eigenvalue weighted by Gasteiger charge is -2.11. The number of aryl methyl sites for hydroxylation is 1. The molecule has 3 aromatic carbocycles. The summed E-state index contributed by atoms with van der Waals surface area (Å²) in [5.41, 5.74) is 5.52. The highest BCUT2D eigenvalue weighted by Crippen LogP contribution is 2.39. The number of carbonyl (C=O) groups excluding carboxylic acids is 1. The zero-order valence-corrected chi connectivity index (χ0v) is 17.6. The summed E-state index contributed by atoms with van der Waals surface area (Å²) in [6.07, 6.45) is 0. The third kappa shape index (κ3) is 3.56. The summed E-state index contributed by atoms with van der Waals surface area (Å²) >= 11 is 1.66. The van der Waals surface area contributed by atoms with Gasteiger partial charge in [-0.05, 0) is 57.2 Å². The number of nitrogens with zero attached hydrogens (tertiary/aromatic N) is 1. The van der Waals surface area contributed by atoms with Crippen LogP contribution in [0.25, 0.3) is 16.6 Å². The number of benzene rings is 3. The number of carbonyl (C=O) groups is 1. The molecule has 146 valence electrons. The number of phenolic OH excluding ortho intramolecular Hbond substituents is 1. The van der Waals surface area contributed by atoms with E-state index < -0.39 is 0 Å². The smallest absolute Gasteiger partial charge is 0.162 e. The average molecular weight is 402 g/mol. The van der Waals surface area contributed by atoms with E-state index in [1.54, 1.807) is 24.8 Å². The van der Waals surface area contributed by atoms with Gasteiger partial charge in [0.25, 0.3) is 0 Å². The predicted molar refractivity (Wildman–Crippen MR) is 120 cm³/mol. The Balaban J connectivity index is 1.92. The maximum Gasteiger partial charge on any atom is 0.162 e. The van der Waals surface area contributed by atoms with Crippen LogP contribution in [0.5, 0.6) is 5.75 Å². The first-order valence-corrected chi connectivity index (χ1v) is 10.6. The van der Waals surface area contributed by atoms with Crippen molar-refractivity contribution in [3.63, 3.8) is 0 Å². The first-order chi connectivity index (χ1) is 14.0. The van der Waals surface area contributed by atoms with Crippen molar-refractivity contribution < 1.29 is 9.90 Å². The van der Waals surface area contributed by atoms with Crippen LogP contribution in [0.2, 0.25) is 0 Å². The summed E-state index contributed by atoms with van der Waals surface area (Å²) in [7, 11) is 0. The van der Waals surface area contributed by atoms with E-state index in [0.717, 1.165) is 32.7 Å².